The van der Waals surface area contributed by atoms with Gasteiger partial charge in [-0.25, -0.2) is 0 Å². The molecule has 0 aliphatic heterocycles. The van der Waals surface area contributed by atoms with Crippen molar-refractivity contribution in [1.82, 2.24) is 9.97 Å². The molecule has 2 heterocycles. The summed E-state index contributed by atoms with van der Waals surface area (Å²) in [5.41, 5.74) is 7.40. The van der Waals surface area contributed by atoms with Gasteiger partial charge in [-0.15, -0.1) is 23.3 Å². The largest absolute Gasteiger partial charge is 0.532 e. The number of aromatic nitrogens is 2. The van der Waals surface area contributed by atoms with Gasteiger partial charge in [-0.1, -0.05) is 40.1 Å². The van der Waals surface area contributed by atoms with E-state index in [-0.39, 0.29) is 78.6 Å². The minimum atomic E-state index is -2.76. The second-order valence-electron chi connectivity index (χ2n) is 7.03. The van der Waals surface area contributed by atoms with Crippen molar-refractivity contribution in [2.24, 2.45) is 10.7 Å². The summed E-state index contributed by atoms with van der Waals surface area (Å²) >= 11 is 0. The summed E-state index contributed by atoms with van der Waals surface area (Å²) in [7, 11) is 1.65. The first kappa shape index (κ1) is 35.3. The van der Waals surface area contributed by atoms with Crippen LogP contribution in [0.3, 0.4) is 0 Å². The van der Waals surface area contributed by atoms with Crippen LogP contribution in [0.5, 0.6) is 11.8 Å². The smallest absolute Gasteiger partial charge is 0.345 e. The van der Waals surface area contributed by atoms with Crippen LogP contribution in [-0.2, 0) is 70.2 Å². The molecular formula is C23H30F2N4O3Y2-2. The molecule has 0 aliphatic carbocycles. The van der Waals surface area contributed by atoms with Gasteiger partial charge < -0.3 is 29.9 Å². The van der Waals surface area contributed by atoms with Crippen LogP contribution in [0.4, 0.5) is 8.78 Å². The Morgan fingerprint density at radius 3 is 1.91 bits per heavy atom. The van der Waals surface area contributed by atoms with E-state index in [0.717, 1.165) is 11.1 Å². The first-order valence-electron chi connectivity index (χ1n) is 10.1. The zero-order chi connectivity index (χ0) is 23.9. The summed E-state index contributed by atoms with van der Waals surface area (Å²) in [6.07, 6.45) is 6.27. The minimum absolute atomic E-state index is 0. The van der Waals surface area contributed by atoms with Crippen LogP contribution >= 0.6 is 0 Å². The third kappa shape index (κ3) is 15.2. The summed E-state index contributed by atoms with van der Waals surface area (Å²) < 4.78 is 37.7. The number of aliphatic imine (C=N–C) groups is 1. The van der Waals surface area contributed by atoms with E-state index in [0.29, 0.717) is 29.4 Å². The number of alkyl halides is 2. The molecule has 2 rings (SSSR count). The van der Waals surface area contributed by atoms with Crippen molar-refractivity contribution in [3.05, 3.63) is 59.7 Å². The zero-order valence-corrected chi connectivity index (χ0v) is 25.8. The standard InChI is InChI=1S/C12H16N3O.C11H14F2NO2.2Y/c1-9(2)10-4-5-12(15-7-10)16-11(6-13)8-14-3;1-8(2)9-3-4-10(14-7-9)15-5-6-16-11(12)13;;/h5-9H,13H2,1-3H3;4,7-8,11H,5-6H2,1-2H3;;/q2*-1;;/b11-6+,14-8?;;;. The first-order valence-corrected chi connectivity index (χ1v) is 10.1. The molecule has 0 saturated carbocycles. The molecule has 2 N–H and O–H groups in total. The van der Waals surface area contributed by atoms with Gasteiger partial charge in [-0.3, -0.25) is 4.99 Å². The Morgan fingerprint density at radius 1 is 1.00 bits per heavy atom. The fourth-order valence-corrected chi connectivity index (χ4v) is 2.11. The molecule has 0 aliphatic rings. The normalized spacial score (nSPS) is 11.1. The van der Waals surface area contributed by atoms with Crippen LogP contribution in [-0.4, -0.2) is 43.1 Å². The first-order chi connectivity index (χ1) is 15.3. The molecule has 0 bridgehead atoms. The molecule has 11 heteroatoms. The van der Waals surface area contributed by atoms with Gasteiger partial charge in [0.2, 0.25) is 0 Å². The summed E-state index contributed by atoms with van der Waals surface area (Å²) in [6.45, 7) is 5.37. The third-order valence-corrected chi connectivity index (χ3v) is 3.85. The quantitative estimate of drug-likeness (QED) is 0.181. The molecule has 0 unspecified atom stereocenters. The van der Waals surface area contributed by atoms with Crippen molar-refractivity contribution in [3.8, 4) is 11.8 Å². The van der Waals surface area contributed by atoms with Crippen molar-refractivity contribution in [1.29, 1.82) is 0 Å². The summed E-state index contributed by atoms with van der Waals surface area (Å²) in [6, 6.07) is 9.41. The molecule has 0 fully saturated rings. The van der Waals surface area contributed by atoms with Gasteiger partial charge in [0.05, 0.1) is 25.3 Å². The molecule has 0 atom stereocenters. The number of allylic oxidation sites excluding steroid dienone is 1. The Balaban J connectivity index is 0. The molecule has 2 aromatic rings. The number of nitrogens with zero attached hydrogens (tertiary/aromatic N) is 3. The van der Waals surface area contributed by atoms with Gasteiger partial charge in [0, 0.05) is 78.7 Å². The van der Waals surface area contributed by atoms with Gasteiger partial charge in [0.25, 0.3) is 0 Å². The molecule has 34 heavy (non-hydrogen) atoms. The van der Waals surface area contributed by atoms with Crippen molar-refractivity contribution in [2.45, 2.75) is 46.1 Å². The molecule has 2 aromatic heterocycles. The van der Waals surface area contributed by atoms with E-state index in [2.05, 4.69) is 45.7 Å². The number of nitrogens with two attached hydrogens (primary N) is 1. The third-order valence-electron chi connectivity index (χ3n) is 3.85. The second kappa shape index (κ2) is 20.3. The fraction of sp³-hybridized carbons (Fsp3) is 0.435. The van der Waals surface area contributed by atoms with Crippen LogP contribution < -0.4 is 15.2 Å². The van der Waals surface area contributed by atoms with E-state index in [9.17, 15) is 8.78 Å². The van der Waals surface area contributed by atoms with Crippen molar-refractivity contribution in [2.75, 3.05) is 20.3 Å². The minimum Gasteiger partial charge on any atom is -0.532 e. The van der Waals surface area contributed by atoms with E-state index in [4.69, 9.17) is 15.2 Å². The van der Waals surface area contributed by atoms with Gasteiger partial charge >= 0.3 is 6.61 Å². The van der Waals surface area contributed by atoms with E-state index < -0.39 is 6.61 Å². The average molecular weight is 626 g/mol. The zero-order valence-electron chi connectivity index (χ0n) is 20.2. The maximum absolute atomic E-state index is 11.6. The Morgan fingerprint density at radius 2 is 1.53 bits per heavy atom. The fourth-order valence-electron chi connectivity index (χ4n) is 2.11. The Labute approximate surface area is 251 Å². The van der Waals surface area contributed by atoms with Crippen LogP contribution in [0.15, 0.2) is 41.5 Å². The predicted octanol–water partition coefficient (Wildman–Crippen LogP) is 4.50. The number of hydrogen-bond donors (Lipinski definition) is 1. The molecule has 7 nitrogen and oxygen atoms in total. The van der Waals surface area contributed by atoms with E-state index in [1.165, 1.54) is 12.4 Å². The SMILES string of the molecule is CC(C)c1[c-]cc(OCCOC(F)F)nc1.CN=C/C(=C\N)Oc1c[c-]c(C(C)C)cn1.[Y].[Y]. The van der Waals surface area contributed by atoms with Crippen molar-refractivity contribution in [3.63, 3.8) is 0 Å². The van der Waals surface area contributed by atoms with Gasteiger partial charge in [-0.05, 0) is 11.8 Å². The van der Waals surface area contributed by atoms with Crippen LogP contribution in [0.2, 0.25) is 0 Å². The average Bonchev–Trinajstić information content (AvgIpc) is 2.77. The number of ether oxygens (including phenoxy) is 3. The van der Waals surface area contributed by atoms with Crippen molar-refractivity contribution < 1.29 is 88.4 Å². The number of hydrogen-bond acceptors (Lipinski definition) is 7. The molecule has 0 saturated heterocycles. The van der Waals surface area contributed by atoms with E-state index >= 15 is 0 Å². The van der Waals surface area contributed by atoms with E-state index in [1.54, 1.807) is 31.6 Å². The van der Waals surface area contributed by atoms with Gasteiger partial charge in [0.15, 0.2) is 0 Å². The topological polar surface area (TPSA) is 91.9 Å². The van der Waals surface area contributed by atoms with Crippen molar-refractivity contribution >= 4 is 6.21 Å². The summed E-state index contributed by atoms with van der Waals surface area (Å²) in [5, 5.41) is 0. The Hall–Kier alpha value is -0.862. The second-order valence-corrected chi connectivity index (χ2v) is 7.03. The number of halogens is 2. The van der Waals surface area contributed by atoms with Crippen LogP contribution in [0.1, 0.15) is 50.7 Å². The maximum Gasteiger partial charge on any atom is 0.345 e. The monoisotopic (exact) mass is 626 g/mol. The van der Waals surface area contributed by atoms with E-state index in [1.807, 2.05) is 13.8 Å². The summed E-state index contributed by atoms with van der Waals surface area (Å²) in [5.74, 6) is 2.04. The number of pyridine rings is 2. The van der Waals surface area contributed by atoms with Crippen LogP contribution in [0.25, 0.3) is 0 Å². The molecule has 0 spiro atoms. The molecule has 0 aromatic carbocycles. The predicted molar refractivity (Wildman–Crippen MR) is 119 cm³/mol. The molecule has 0 amide bonds. The Bertz CT molecular complexity index is 835. The molecule has 2 radical (unpaired) electrons. The number of rotatable bonds is 10. The summed E-state index contributed by atoms with van der Waals surface area (Å²) in [4.78, 5) is 12.0. The molecule has 182 valence electrons. The molecular weight excluding hydrogens is 596 g/mol. The van der Waals surface area contributed by atoms with Gasteiger partial charge in [0.1, 0.15) is 11.6 Å². The maximum atomic E-state index is 11.6. The van der Waals surface area contributed by atoms with Gasteiger partial charge in [-0.2, -0.15) is 20.9 Å². The van der Waals surface area contributed by atoms with Crippen LogP contribution in [0, 0.1) is 12.1 Å². The Kier molecular flexibility index (Phi) is 21.1.